The molecule has 1 rings (SSSR count). The average Bonchev–Trinajstić information content (AvgIpc) is 2.06. The number of hydrogen-bond acceptors (Lipinski definition) is 2. The third-order valence-electron chi connectivity index (χ3n) is 1.49. The van der Waals surface area contributed by atoms with Crippen molar-refractivity contribution in [1.82, 2.24) is 0 Å². The largest absolute Gasteiger partial charge is 0.321 e. The monoisotopic (exact) mass is 204 g/mol. The lowest BCUT2D eigenvalue weighted by Crippen LogP contribution is -1.84. The third kappa shape index (κ3) is 2.98. The molecule has 2 nitrogen and oxygen atoms in total. The summed E-state index contributed by atoms with van der Waals surface area (Å²) in [5, 5.41) is 0. The predicted molar refractivity (Wildman–Crippen MR) is 50.6 cm³/mol. The second-order valence-corrected chi connectivity index (χ2v) is 5.82. The van der Waals surface area contributed by atoms with Crippen LogP contribution < -0.4 is 0 Å². The molecule has 1 aromatic carbocycles. The Hall–Kier alpha value is -0.300. The Morgan fingerprint density at radius 2 is 2.00 bits per heavy atom. The first kappa shape index (κ1) is 9.79. The molecule has 0 bridgehead atoms. The highest BCUT2D eigenvalue weighted by molar-refractivity contribution is 7.84. The van der Waals surface area contributed by atoms with Crippen LogP contribution in [-0.4, -0.2) is 7.11 Å². The zero-order valence-corrected chi connectivity index (χ0v) is 8.39. The van der Waals surface area contributed by atoms with Gasteiger partial charge in [0.1, 0.15) is 0 Å². The Morgan fingerprint density at radius 3 is 2.50 bits per heavy atom. The van der Waals surface area contributed by atoms with Gasteiger partial charge in [0.15, 0.2) is 0 Å². The summed E-state index contributed by atoms with van der Waals surface area (Å²) in [7, 11) is 1.36. The molecule has 12 heavy (non-hydrogen) atoms. The van der Waals surface area contributed by atoms with Crippen LogP contribution in [-0.2, 0) is 15.3 Å². The first-order chi connectivity index (χ1) is 5.64. The fourth-order valence-electron chi connectivity index (χ4n) is 0.866. The van der Waals surface area contributed by atoms with Crippen LogP contribution in [0.5, 0.6) is 0 Å². The second kappa shape index (κ2) is 4.08. The molecule has 0 N–H and O–H groups in total. The Kier molecular flexibility index (Phi) is 3.33. The molecule has 0 aliphatic heterocycles. The van der Waals surface area contributed by atoms with Crippen LogP contribution in [0.25, 0.3) is 0 Å². The summed E-state index contributed by atoms with van der Waals surface area (Å²) in [6.07, 6.45) is 0.284. The normalized spacial score (nSPS) is 15.5. The van der Waals surface area contributed by atoms with Crippen molar-refractivity contribution in [2.75, 3.05) is 7.11 Å². The highest BCUT2D eigenvalue weighted by Crippen LogP contribution is 2.54. The highest BCUT2D eigenvalue weighted by Gasteiger charge is 2.17. The van der Waals surface area contributed by atoms with Crippen LogP contribution in [0.2, 0.25) is 0 Å². The Balaban J connectivity index is 2.71. The molecule has 0 aliphatic rings. The maximum Gasteiger partial charge on any atom is 0.294 e. The van der Waals surface area contributed by atoms with Gasteiger partial charge < -0.3 is 4.52 Å². The van der Waals surface area contributed by atoms with E-state index < -0.39 is 6.72 Å². The summed E-state index contributed by atoms with van der Waals surface area (Å²) < 4.78 is 16.0. The van der Waals surface area contributed by atoms with Gasteiger partial charge in [-0.2, -0.15) is 0 Å². The van der Waals surface area contributed by atoms with E-state index >= 15 is 0 Å². The van der Waals surface area contributed by atoms with Crippen LogP contribution in [0.1, 0.15) is 5.56 Å². The molecule has 0 saturated carbocycles. The van der Waals surface area contributed by atoms with Gasteiger partial charge in [0.05, 0.1) is 6.16 Å². The molecular weight excluding hydrogens is 195 g/mol. The lowest BCUT2D eigenvalue weighted by Gasteiger charge is -2.06. The van der Waals surface area contributed by atoms with Crippen LogP contribution in [0, 0.1) is 0 Å². The highest BCUT2D eigenvalue weighted by atomic mass is 35.7. The molecule has 1 atom stereocenters. The molecule has 0 saturated heterocycles. The van der Waals surface area contributed by atoms with Crippen LogP contribution in [0.3, 0.4) is 0 Å². The molecule has 66 valence electrons. The fourth-order valence-corrected chi connectivity index (χ4v) is 2.06. The van der Waals surface area contributed by atoms with E-state index in [9.17, 15) is 4.57 Å². The van der Waals surface area contributed by atoms with Gasteiger partial charge in [-0.15, -0.1) is 0 Å². The molecule has 0 heterocycles. The molecule has 4 heteroatoms. The zero-order chi connectivity index (χ0) is 9.03. The Bertz CT molecular complexity index is 286. The quantitative estimate of drug-likeness (QED) is 0.707. The van der Waals surface area contributed by atoms with Gasteiger partial charge in [-0.25, -0.2) is 0 Å². The van der Waals surface area contributed by atoms with Crippen molar-refractivity contribution in [2.45, 2.75) is 6.16 Å². The first-order valence-electron chi connectivity index (χ1n) is 3.52. The van der Waals surface area contributed by atoms with Gasteiger partial charge in [-0.1, -0.05) is 30.3 Å². The molecule has 0 aromatic heterocycles. The number of hydrogen-bond donors (Lipinski definition) is 0. The van der Waals surface area contributed by atoms with Crippen molar-refractivity contribution < 1.29 is 9.09 Å². The summed E-state index contributed by atoms with van der Waals surface area (Å²) in [5.74, 6) is 0. The third-order valence-corrected chi connectivity index (χ3v) is 3.55. The minimum atomic E-state index is -2.92. The van der Waals surface area contributed by atoms with Gasteiger partial charge in [-0.05, 0) is 16.8 Å². The van der Waals surface area contributed by atoms with Crippen molar-refractivity contribution >= 4 is 18.0 Å². The van der Waals surface area contributed by atoms with Gasteiger partial charge in [0.25, 0.3) is 6.72 Å². The Morgan fingerprint density at radius 1 is 1.42 bits per heavy atom. The summed E-state index contributed by atoms with van der Waals surface area (Å²) in [6.45, 7) is -2.92. The Labute approximate surface area is 76.7 Å². The van der Waals surface area contributed by atoms with E-state index in [2.05, 4.69) is 4.52 Å². The molecular formula is C8H10ClO2P. The molecule has 0 amide bonds. The van der Waals surface area contributed by atoms with E-state index in [4.69, 9.17) is 11.2 Å². The van der Waals surface area contributed by atoms with E-state index in [1.807, 2.05) is 30.3 Å². The molecule has 0 fully saturated rings. The summed E-state index contributed by atoms with van der Waals surface area (Å²) in [5.41, 5.74) is 0.928. The molecule has 1 aromatic rings. The fraction of sp³-hybridized carbons (Fsp3) is 0.250. The maximum absolute atomic E-state index is 11.3. The topological polar surface area (TPSA) is 26.3 Å². The average molecular weight is 205 g/mol. The SMILES string of the molecule is COP(=O)(Cl)Cc1ccccc1. The summed E-state index contributed by atoms with van der Waals surface area (Å²) in [6, 6.07) is 9.39. The number of benzene rings is 1. The van der Waals surface area contributed by atoms with Crippen molar-refractivity contribution in [2.24, 2.45) is 0 Å². The summed E-state index contributed by atoms with van der Waals surface area (Å²) >= 11 is 5.59. The van der Waals surface area contributed by atoms with Gasteiger partial charge in [0, 0.05) is 7.11 Å². The predicted octanol–water partition coefficient (Wildman–Crippen LogP) is 3.26. The summed E-state index contributed by atoms with van der Waals surface area (Å²) in [4.78, 5) is 0. The van der Waals surface area contributed by atoms with E-state index in [0.29, 0.717) is 0 Å². The second-order valence-electron chi connectivity index (χ2n) is 2.42. The van der Waals surface area contributed by atoms with Crippen LogP contribution in [0.4, 0.5) is 0 Å². The molecule has 0 radical (unpaired) electrons. The number of halogens is 1. The van der Waals surface area contributed by atoms with E-state index in [1.165, 1.54) is 7.11 Å². The van der Waals surface area contributed by atoms with Crippen molar-refractivity contribution in [3.8, 4) is 0 Å². The zero-order valence-electron chi connectivity index (χ0n) is 6.74. The molecule has 0 spiro atoms. The van der Waals surface area contributed by atoms with Gasteiger partial charge >= 0.3 is 0 Å². The van der Waals surface area contributed by atoms with Crippen molar-refractivity contribution in [1.29, 1.82) is 0 Å². The van der Waals surface area contributed by atoms with Crippen molar-refractivity contribution in [3.63, 3.8) is 0 Å². The van der Waals surface area contributed by atoms with Crippen LogP contribution in [0.15, 0.2) is 30.3 Å². The smallest absolute Gasteiger partial charge is 0.294 e. The van der Waals surface area contributed by atoms with E-state index in [0.717, 1.165) is 5.56 Å². The standard InChI is InChI=1S/C8H10ClO2P/c1-11-12(9,10)7-8-5-3-2-4-6-8/h2-6H,7H2,1H3. The first-order valence-corrected chi connectivity index (χ1v) is 6.24. The van der Waals surface area contributed by atoms with E-state index in [-0.39, 0.29) is 6.16 Å². The minimum Gasteiger partial charge on any atom is -0.321 e. The van der Waals surface area contributed by atoms with Gasteiger partial charge in [0.2, 0.25) is 0 Å². The van der Waals surface area contributed by atoms with Gasteiger partial charge in [-0.3, -0.25) is 4.57 Å². The molecule has 0 aliphatic carbocycles. The maximum atomic E-state index is 11.3. The number of rotatable bonds is 3. The minimum absolute atomic E-state index is 0.284. The molecule has 1 unspecified atom stereocenters. The van der Waals surface area contributed by atoms with Crippen molar-refractivity contribution in [3.05, 3.63) is 35.9 Å². The van der Waals surface area contributed by atoms with E-state index in [1.54, 1.807) is 0 Å². The lowest BCUT2D eigenvalue weighted by atomic mass is 10.2. The van der Waals surface area contributed by atoms with Crippen LogP contribution >= 0.6 is 18.0 Å². The lowest BCUT2D eigenvalue weighted by molar-refractivity contribution is 0.407.